The first-order valence-electron chi connectivity index (χ1n) is 9.74. The van der Waals surface area contributed by atoms with Gasteiger partial charge in [-0.3, -0.25) is 9.59 Å². The Morgan fingerprint density at radius 3 is 2.44 bits per heavy atom. The molecule has 4 heteroatoms. The molecule has 0 spiro atoms. The molecule has 1 aliphatic carbocycles. The van der Waals surface area contributed by atoms with Crippen molar-refractivity contribution in [1.29, 1.82) is 0 Å². The number of hydrogen-bond donors (Lipinski definition) is 1. The van der Waals surface area contributed by atoms with Crippen LogP contribution < -0.4 is 10.1 Å². The summed E-state index contributed by atoms with van der Waals surface area (Å²) in [6, 6.07) is 13.4. The number of benzene rings is 2. The Morgan fingerprint density at radius 1 is 1.04 bits per heavy atom. The smallest absolute Gasteiger partial charge is 0.258 e. The van der Waals surface area contributed by atoms with Crippen LogP contribution in [0.5, 0.6) is 5.75 Å². The summed E-state index contributed by atoms with van der Waals surface area (Å²) >= 11 is 0. The number of carbonyl (C=O) groups excluding carboxylic acids is 2. The van der Waals surface area contributed by atoms with Gasteiger partial charge in [0.15, 0.2) is 12.4 Å². The van der Waals surface area contributed by atoms with E-state index >= 15 is 0 Å². The molecule has 0 radical (unpaired) electrons. The quantitative estimate of drug-likeness (QED) is 0.739. The minimum atomic E-state index is -0.158. The minimum absolute atomic E-state index is 0.0453. The minimum Gasteiger partial charge on any atom is -0.484 e. The van der Waals surface area contributed by atoms with Gasteiger partial charge in [-0.15, -0.1) is 0 Å². The third-order valence-corrected chi connectivity index (χ3v) is 5.12. The second-order valence-corrected chi connectivity index (χ2v) is 7.11. The number of amides is 1. The molecule has 0 aliphatic heterocycles. The largest absolute Gasteiger partial charge is 0.484 e. The van der Waals surface area contributed by atoms with Crippen LogP contribution in [0.4, 0.5) is 0 Å². The van der Waals surface area contributed by atoms with Crippen molar-refractivity contribution in [3.63, 3.8) is 0 Å². The van der Waals surface area contributed by atoms with Gasteiger partial charge in [0.25, 0.3) is 5.91 Å². The maximum atomic E-state index is 12.2. The number of rotatable bonds is 7. The first-order chi connectivity index (χ1) is 13.1. The van der Waals surface area contributed by atoms with Crippen LogP contribution in [0.2, 0.25) is 0 Å². The van der Waals surface area contributed by atoms with Crippen LogP contribution in [0.1, 0.15) is 66.2 Å². The summed E-state index contributed by atoms with van der Waals surface area (Å²) in [4.78, 5) is 23.9. The van der Waals surface area contributed by atoms with E-state index in [2.05, 4.69) is 23.5 Å². The van der Waals surface area contributed by atoms with E-state index in [0.717, 1.165) is 18.4 Å². The van der Waals surface area contributed by atoms with Gasteiger partial charge in [0.1, 0.15) is 5.75 Å². The molecule has 27 heavy (non-hydrogen) atoms. The van der Waals surface area contributed by atoms with Gasteiger partial charge in [-0.05, 0) is 73.6 Å². The average Bonchev–Trinajstić information content (AvgIpc) is 2.71. The summed E-state index contributed by atoms with van der Waals surface area (Å²) < 4.78 is 5.54. The van der Waals surface area contributed by atoms with Gasteiger partial charge in [0, 0.05) is 12.0 Å². The number of carbonyl (C=O) groups is 2. The lowest BCUT2D eigenvalue weighted by Crippen LogP contribution is -2.31. The predicted octanol–water partition coefficient (Wildman–Crippen LogP) is 4.41. The molecule has 2 aromatic rings. The van der Waals surface area contributed by atoms with Gasteiger partial charge in [0.2, 0.25) is 0 Å². The molecular formula is C23H27NO3. The van der Waals surface area contributed by atoms with Crippen molar-refractivity contribution in [2.45, 2.75) is 52.0 Å². The molecule has 2 aromatic carbocycles. The van der Waals surface area contributed by atoms with Crippen molar-refractivity contribution in [2.75, 3.05) is 6.61 Å². The van der Waals surface area contributed by atoms with Crippen LogP contribution in [-0.4, -0.2) is 18.3 Å². The Hall–Kier alpha value is -2.62. The van der Waals surface area contributed by atoms with E-state index < -0.39 is 0 Å². The molecule has 1 aliphatic rings. The monoisotopic (exact) mass is 365 g/mol. The summed E-state index contributed by atoms with van der Waals surface area (Å²) in [6.07, 6.45) is 5.27. The lowest BCUT2D eigenvalue weighted by Gasteiger charge is -2.20. The van der Waals surface area contributed by atoms with Crippen molar-refractivity contribution < 1.29 is 14.3 Å². The van der Waals surface area contributed by atoms with Crippen molar-refractivity contribution >= 4 is 11.7 Å². The second-order valence-electron chi connectivity index (χ2n) is 7.11. The molecular weight excluding hydrogens is 338 g/mol. The summed E-state index contributed by atoms with van der Waals surface area (Å²) in [5.74, 6) is 0.520. The van der Waals surface area contributed by atoms with Gasteiger partial charge in [-0.2, -0.15) is 0 Å². The van der Waals surface area contributed by atoms with Crippen molar-refractivity contribution in [1.82, 2.24) is 5.32 Å². The van der Waals surface area contributed by atoms with Crippen LogP contribution >= 0.6 is 0 Å². The molecule has 4 nitrogen and oxygen atoms in total. The third-order valence-electron chi connectivity index (χ3n) is 5.12. The highest BCUT2D eigenvalue weighted by Crippen LogP contribution is 2.24. The normalized spacial score (nSPS) is 14.1. The van der Waals surface area contributed by atoms with E-state index in [1.807, 2.05) is 13.8 Å². The van der Waals surface area contributed by atoms with Gasteiger partial charge in [0.05, 0.1) is 6.04 Å². The SMILES string of the molecule is CCC(=O)c1ccc(OCC(=O)NC(C)c2ccc3c(c2)CCCC3)cc1. The number of aryl methyl sites for hydroxylation is 2. The second kappa shape index (κ2) is 8.85. The molecule has 0 aromatic heterocycles. The lowest BCUT2D eigenvalue weighted by atomic mass is 9.89. The van der Waals surface area contributed by atoms with E-state index in [1.165, 1.54) is 24.0 Å². The van der Waals surface area contributed by atoms with Crippen LogP contribution in [0.25, 0.3) is 0 Å². The number of ether oxygens (including phenoxy) is 1. The van der Waals surface area contributed by atoms with E-state index in [9.17, 15) is 9.59 Å². The first kappa shape index (κ1) is 19.2. The fraction of sp³-hybridized carbons (Fsp3) is 0.391. The van der Waals surface area contributed by atoms with Crippen LogP contribution in [-0.2, 0) is 17.6 Å². The average molecular weight is 365 g/mol. The van der Waals surface area contributed by atoms with E-state index in [4.69, 9.17) is 4.74 Å². The zero-order valence-electron chi connectivity index (χ0n) is 16.1. The highest BCUT2D eigenvalue weighted by molar-refractivity contribution is 5.95. The first-order valence-corrected chi connectivity index (χ1v) is 9.74. The molecule has 142 valence electrons. The fourth-order valence-electron chi connectivity index (χ4n) is 3.48. The number of hydrogen-bond acceptors (Lipinski definition) is 3. The number of Topliss-reactive ketones (excluding diaryl/α,β-unsaturated/α-hetero) is 1. The van der Waals surface area contributed by atoms with E-state index in [1.54, 1.807) is 24.3 Å². The molecule has 0 saturated heterocycles. The van der Waals surface area contributed by atoms with E-state index in [-0.39, 0.29) is 24.3 Å². The Kier molecular flexibility index (Phi) is 6.28. The zero-order chi connectivity index (χ0) is 19.2. The standard InChI is InChI=1S/C23H27NO3/c1-3-22(25)18-10-12-21(13-11-18)27-15-23(26)24-16(2)19-9-8-17-6-4-5-7-20(17)14-19/h8-14,16H,3-7,15H2,1-2H3,(H,24,26). The van der Waals surface area contributed by atoms with Gasteiger partial charge in [-0.1, -0.05) is 25.1 Å². The number of fused-ring (bicyclic) bond motifs is 1. The van der Waals surface area contributed by atoms with Gasteiger partial charge < -0.3 is 10.1 Å². The number of ketones is 1. The van der Waals surface area contributed by atoms with Crippen molar-refractivity contribution in [3.05, 3.63) is 64.7 Å². The Bertz CT molecular complexity index is 811. The number of nitrogens with one attached hydrogen (secondary N) is 1. The Labute approximate surface area is 160 Å². The van der Waals surface area contributed by atoms with Gasteiger partial charge in [-0.25, -0.2) is 0 Å². The summed E-state index contributed by atoms with van der Waals surface area (Å²) in [5.41, 5.74) is 4.65. The van der Waals surface area contributed by atoms with Gasteiger partial charge >= 0.3 is 0 Å². The van der Waals surface area contributed by atoms with Crippen molar-refractivity contribution in [3.8, 4) is 5.75 Å². The molecule has 1 atom stereocenters. The molecule has 1 amide bonds. The van der Waals surface area contributed by atoms with Crippen LogP contribution in [0.15, 0.2) is 42.5 Å². The molecule has 0 heterocycles. The van der Waals surface area contributed by atoms with Crippen LogP contribution in [0, 0.1) is 0 Å². The summed E-state index contributed by atoms with van der Waals surface area (Å²) in [5, 5.41) is 2.99. The molecule has 0 bridgehead atoms. The van der Waals surface area contributed by atoms with Crippen molar-refractivity contribution in [2.24, 2.45) is 0 Å². The highest BCUT2D eigenvalue weighted by Gasteiger charge is 2.14. The maximum Gasteiger partial charge on any atom is 0.258 e. The fourth-order valence-corrected chi connectivity index (χ4v) is 3.48. The summed E-state index contributed by atoms with van der Waals surface area (Å²) in [7, 11) is 0. The molecule has 1 N–H and O–H groups in total. The van der Waals surface area contributed by atoms with Crippen LogP contribution in [0.3, 0.4) is 0 Å². The topological polar surface area (TPSA) is 55.4 Å². The predicted molar refractivity (Wildman–Crippen MR) is 106 cm³/mol. The lowest BCUT2D eigenvalue weighted by molar-refractivity contribution is -0.123. The third kappa shape index (κ3) is 4.97. The molecule has 0 saturated carbocycles. The molecule has 0 fully saturated rings. The molecule has 1 unspecified atom stereocenters. The Balaban J connectivity index is 1.52. The summed E-state index contributed by atoms with van der Waals surface area (Å²) in [6.45, 7) is 3.78. The maximum absolute atomic E-state index is 12.2. The molecule has 3 rings (SSSR count). The highest BCUT2D eigenvalue weighted by atomic mass is 16.5. The van der Waals surface area contributed by atoms with E-state index in [0.29, 0.717) is 17.7 Å². The zero-order valence-corrected chi connectivity index (χ0v) is 16.1. The Morgan fingerprint density at radius 2 is 1.74 bits per heavy atom.